The standard InChI is InChI=1S/C20H14ClF3N6O2S/c1-11(31)26-17-10-30-18(27-17)7-6-15(28-30)12-8-16(19(21)25-9-12)29-33(32)14-4-2-13(3-5-14)20(22,23)24/h2-10,29H,1H3,(H,26,31). The first kappa shape index (κ1) is 22.7. The summed E-state index contributed by atoms with van der Waals surface area (Å²) in [6.07, 6.45) is -1.47. The quantitative estimate of drug-likeness (QED) is 0.396. The monoisotopic (exact) mass is 494 g/mol. The molecule has 4 aromatic rings. The van der Waals surface area contributed by atoms with Gasteiger partial charge in [0.1, 0.15) is 11.0 Å². The third kappa shape index (κ3) is 5.12. The number of aromatic nitrogens is 4. The first-order chi connectivity index (χ1) is 15.6. The molecule has 8 nitrogen and oxygen atoms in total. The summed E-state index contributed by atoms with van der Waals surface area (Å²) in [6, 6.07) is 8.89. The van der Waals surface area contributed by atoms with E-state index < -0.39 is 22.7 Å². The van der Waals surface area contributed by atoms with E-state index in [0.29, 0.717) is 22.7 Å². The van der Waals surface area contributed by atoms with Crippen molar-refractivity contribution in [3.05, 3.63) is 65.6 Å². The lowest BCUT2D eigenvalue weighted by Crippen LogP contribution is -2.08. The summed E-state index contributed by atoms with van der Waals surface area (Å²) < 4.78 is 54.9. The number of hydrogen-bond donors (Lipinski definition) is 2. The molecule has 0 fully saturated rings. The molecular formula is C20H14ClF3N6O2S. The zero-order chi connectivity index (χ0) is 23.8. The lowest BCUT2D eigenvalue weighted by molar-refractivity contribution is -0.137. The number of alkyl halides is 3. The molecule has 3 aromatic heterocycles. The normalized spacial score (nSPS) is 12.5. The van der Waals surface area contributed by atoms with Crippen molar-refractivity contribution in [3.8, 4) is 11.3 Å². The molecule has 0 spiro atoms. The maximum absolute atomic E-state index is 12.7. The first-order valence-corrected chi connectivity index (χ1v) is 10.8. The molecule has 13 heteroatoms. The molecular weight excluding hydrogens is 481 g/mol. The van der Waals surface area contributed by atoms with Gasteiger partial charge in [0.05, 0.1) is 28.0 Å². The Morgan fingerprint density at radius 3 is 2.55 bits per heavy atom. The first-order valence-electron chi connectivity index (χ1n) is 9.26. The average molecular weight is 495 g/mol. The van der Waals surface area contributed by atoms with E-state index in [-0.39, 0.29) is 21.6 Å². The number of hydrogen-bond acceptors (Lipinski definition) is 5. The highest BCUT2D eigenvalue weighted by molar-refractivity contribution is 7.86. The Labute approximate surface area is 192 Å². The van der Waals surface area contributed by atoms with Crippen molar-refractivity contribution < 1.29 is 22.2 Å². The molecule has 0 bridgehead atoms. The van der Waals surface area contributed by atoms with Crippen LogP contribution in [0, 0.1) is 0 Å². The molecule has 1 amide bonds. The molecule has 0 saturated heterocycles. The van der Waals surface area contributed by atoms with Gasteiger partial charge in [-0.1, -0.05) is 11.6 Å². The maximum Gasteiger partial charge on any atom is 0.416 e. The van der Waals surface area contributed by atoms with E-state index >= 15 is 0 Å². The number of carbonyl (C=O) groups is 1. The van der Waals surface area contributed by atoms with Crippen LogP contribution in [0.3, 0.4) is 0 Å². The number of rotatable bonds is 5. The second-order valence-corrected chi connectivity index (χ2v) is 8.35. The van der Waals surface area contributed by atoms with Crippen LogP contribution in [0.25, 0.3) is 16.9 Å². The predicted molar refractivity (Wildman–Crippen MR) is 117 cm³/mol. The van der Waals surface area contributed by atoms with Gasteiger partial charge >= 0.3 is 6.18 Å². The van der Waals surface area contributed by atoms with Gasteiger partial charge in [-0.3, -0.25) is 9.52 Å². The average Bonchev–Trinajstić information content (AvgIpc) is 3.15. The molecule has 0 radical (unpaired) electrons. The summed E-state index contributed by atoms with van der Waals surface area (Å²) in [7, 11) is -1.89. The van der Waals surface area contributed by atoms with E-state index in [1.54, 1.807) is 24.4 Å². The molecule has 0 saturated carbocycles. The van der Waals surface area contributed by atoms with Crippen molar-refractivity contribution in [2.75, 3.05) is 10.0 Å². The minimum atomic E-state index is -4.48. The van der Waals surface area contributed by atoms with Crippen molar-refractivity contribution in [2.24, 2.45) is 0 Å². The topological polar surface area (TPSA) is 101 Å². The second-order valence-electron chi connectivity index (χ2n) is 6.78. The van der Waals surface area contributed by atoms with E-state index in [1.165, 1.54) is 17.6 Å². The van der Waals surface area contributed by atoms with Gasteiger partial charge in [0, 0.05) is 18.7 Å². The van der Waals surface area contributed by atoms with Gasteiger partial charge in [-0.05, 0) is 42.5 Å². The Hall–Kier alpha value is -3.51. The Morgan fingerprint density at radius 1 is 1.15 bits per heavy atom. The Balaban J connectivity index is 1.58. The second kappa shape index (κ2) is 8.79. The Morgan fingerprint density at radius 2 is 1.88 bits per heavy atom. The molecule has 170 valence electrons. The summed E-state index contributed by atoms with van der Waals surface area (Å²) >= 11 is 6.11. The third-order valence-corrected chi connectivity index (χ3v) is 5.76. The van der Waals surface area contributed by atoms with Crippen molar-refractivity contribution in [1.29, 1.82) is 0 Å². The molecule has 0 aliphatic rings. The number of carbonyl (C=O) groups excluding carboxylic acids is 1. The predicted octanol–water partition coefficient (Wildman–Crippen LogP) is 4.56. The van der Waals surface area contributed by atoms with Crippen molar-refractivity contribution >= 4 is 45.6 Å². The van der Waals surface area contributed by atoms with Gasteiger partial charge < -0.3 is 5.32 Å². The summed E-state index contributed by atoms with van der Waals surface area (Å²) in [4.78, 5) is 19.6. The fourth-order valence-corrected chi connectivity index (χ4v) is 3.93. The van der Waals surface area contributed by atoms with Gasteiger partial charge in [-0.2, -0.15) is 18.3 Å². The largest absolute Gasteiger partial charge is 0.416 e. The van der Waals surface area contributed by atoms with Gasteiger partial charge in [0.2, 0.25) is 5.91 Å². The molecule has 1 atom stereocenters. The Bertz CT molecular complexity index is 1370. The highest BCUT2D eigenvalue weighted by Gasteiger charge is 2.30. The Kier molecular flexibility index (Phi) is 6.04. The lowest BCUT2D eigenvalue weighted by atomic mass is 10.2. The molecule has 33 heavy (non-hydrogen) atoms. The smallest absolute Gasteiger partial charge is 0.310 e. The number of nitrogens with one attached hydrogen (secondary N) is 2. The number of amides is 1. The van der Waals surface area contributed by atoms with Crippen LogP contribution in [-0.4, -0.2) is 29.7 Å². The number of halogens is 4. The minimum Gasteiger partial charge on any atom is -0.310 e. The number of anilines is 2. The molecule has 1 aromatic carbocycles. The van der Waals surface area contributed by atoms with Crippen LogP contribution in [0.2, 0.25) is 5.15 Å². The van der Waals surface area contributed by atoms with E-state index in [0.717, 1.165) is 24.3 Å². The number of fused-ring (bicyclic) bond motifs is 1. The molecule has 2 N–H and O–H groups in total. The fourth-order valence-electron chi connectivity index (χ4n) is 2.86. The molecule has 3 heterocycles. The van der Waals surface area contributed by atoms with Gasteiger partial charge in [-0.15, -0.1) is 0 Å². The van der Waals surface area contributed by atoms with Crippen LogP contribution in [0.15, 0.2) is 59.8 Å². The molecule has 1 unspecified atom stereocenters. The van der Waals surface area contributed by atoms with Gasteiger partial charge in [0.25, 0.3) is 0 Å². The zero-order valence-corrected chi connectivity index (χ0v) is 18.3. The van der Waals surface area contributed by atoms with E-state index in [2.05, 4.69) is 25.1 Å². The van der Waals surface area contributed by atoms with Crippen molar-refractivity contribution in [3.63, 3.8) is 0 Å². The van der Waals surface area contributed by atoms with Crippen LogP contribution in [0.1, 0.15) is 12.5 Å². The summed E-state index contributed by atoms with van der Waals surface area (Å²) in [5.41, 5.74) is 0.891. The van der Waals surface area contributed by atoms with Crippen LogP contribution in [0.5, 0.6) is 0 Å². The highest BCUT2D eigenvalue weighted by atomic mass is 35.5. The van der Waals surface area contributed by atoms with Crippen LogP contribution in [-0.2, 0) is 22.0 Å². The number of imidazole rings is 1. The highest BCUT2D eigenvalue weighted by Crippen LogP contribution is 2.30. The zero-order valence-electron chi connectivity index (χ0n) is 16.7. The minimum absolute atomic E-state index is 0.0238. The van der Waals surface area contributed by atoms with Crippen molar-refractivity contribution in [1.82, 2.24) is 19.6 Å². The van der Waals surface area contributed by atoms with E-state index in [1.807, 2.05) is 0 Å². The van der Waals surface area contributed by atoms with Crippen LogP contribution < -0.4 is 10.0 Å². The number of benzene rings is 1. The SMILES string of the molecule is CC(=O)Nc1cn2nc(-c3cnc(Cl)c(NS(=O)c4ccc(C(F)(F)F)cc4)c3)ccc2n1. The van der Waals surface area contributed by atoms with Crippen LogP contribution >= 0.6 is 11.6 Å². The maximum atomic E-state index is 12.7. The van der Waals surface area contributed by atoms with Crippen LogP contribution in [0.4, 0.5) is 24.7 Å². The lowest BCUT2D eigenvalue weighted by Gasteiger charge is -2.11. The molecule has 4 rings (SSSR count). The van der Waals surface area contributed by atoms with E-state index in [4.69, 9.17) is 11.6 Å². The third-order valence-electron chi connectivity index (χ3n) is 4.36. The van der Waals surface area contributed by atoms with Gasteiger partial charge in [0.15, 0.2) is 16.6 Å². The van der Waals surface area contributed by atoms with E-state index in [9.17, 15) is 22.2 Å². The van der Waals surface area contributed by atoms with Gasteiger partial charge in [-0.25, -0.2) is 18.7 Å². The molecule has 0 aliphatic carbocycles. The number of nitrogens with zero attached hydrogens (tertiary/aromatic N) is 4. The summed E-state index contributed by atoms with van der Waals surface area (Å²) in [6.45, 7) is 1.37. The summed E-state index contributed by atoms with van der Waals surface area (Å²) in [5.74, 6) is 0.0768. The summed E-state index contributed by atoms with van der Waals surface area (Å²) in [5, 5.41) is 7.02. The fraction of sp³-hybridized carbons (Fsp3) is 0.100. The molecule has 0 aliphatic heterocycles. The number of pyridine rings is 1. The van der Waals surface area contributed by atoms with Crippen molar-refractivity contribution in [2.45, 2.75) is 18.0 Å².